The molecule has 4 atom stereocenters. The molecule has 3 unspecified atom stereocenters. The second kappa shape index (κ2) is 5.48. The minimum atomic E-state index is -0.610. The lowest BCUT2D eigenvalue weighted by atomic mass is 9.81. The molecular weight excluding hydrogens is 202 g/mol. The summed E-state index contributed by atoms with van der Waals surface area (Å²) in [5.74, 6) is 1.16. The van der Waals surface area contributed by atoms with Crippen LogP contribution in [0.5, 0.6) is 0 Å². The van der Waals surface area contributed by atoms with E-state index in [1.165, 1.54) is 0 Å². The van der Waals surface area contributed by atoms with Crippen molar-refractivity contribution >= 4 is 0 Å². The molecule has 1 fully saturated rings. The Hall–Kier alpha value is -0.120. The van der Waals surface area contributed by atoms with Gasteiger partial charge in [-0.3, -0.25) is 4.90 Å². The van der Waals surface area contributed by atoms with Gasteiger partial charge in [-0.15, -0.1) is 0 Å². The summed E-state index contributed by atoms with van der Waals surface area (Å²) in [5.41, 5.74) is 0. The van der Waals surface area contributed by atoms with E-state index in [1.54, 1.807) is 0 Å². The lowest BCUT2D eigenvalue weighted by Gasteiger charge is -2.32. The highest BCUT2D eigenvalue weighted by Gasteiger charge is 2.37. The number of β-amino-alcohol motifs (C(OH)–C–C–N with tert-alkyl or cyclic N) is 1. The van der Waals surface area contributed by atoms with Gasteiger partial charge >= 0.3 is 0 Å². The van der Waals surface area contributed by atoms with Crippen LogP contribution in [-0.4, -0.2) is 46.5 Å². The molecule has 0 radical (unpaired) electrons. The van der Waals surface area contributed by atoms with Gasteiger partial charge < -0.3 is 10.2 Å². The molecule has 0 saturated carbocycles. The fraction of sp³-hybridized carbons (Fsp3) is 1.00. The fourth-order valence-corrected chi connectivity index (χ4v) is 2.70. The molecule has 0 amide bonds. The lowest BCUT2D eigenvalue weighted by molar-refractivity contribution is -0.0238. The minimum absolute atomic E-state index is 0.166. The normalized spacial score (nSPS) is 38.1. The number of hydrogen-bond donors (Lipinski definition) is 2. The second-order valence-electron chi connectivity index (χ2n) is 5.87. The van der Waals surface area contributed by atoms with Gasteiger partial charge in [0.1, 0.15) is 0 Å². The Morgan fingerprint density at radius 2 is 1.62 bits per heavy atom. The molecule has 1 aliphatic heterocycles. The molecule has 1 saturated heterocycles. The molecule has 96 valence electrons. The van der Waals surface area contributed by atoms with E-state index in [0.29, 0.717) is 24.4 Å². The molecular formula is C13H27NO2. The first-order valence-corrected chi connectivity index (χ1v) is 6.44. The molecule has 2 N–H and O–H groups in total. The Kier molecular flexibility index (Phi) is 4.77. The van der Waals surface area contributed by atoms with Gasteiger partial charge in [0, 0.05) is 19.1 Å². The molecule has 0 bridgehead atoms. The maximum Gasteiger partial charge on any atom is 0.0928 e. The SMILES string of the molecule is CC(C)C1CN(C(C)C)CC(O)C(O)[C@H]1C. The molecule has 0 aromatic heterocycles. The maximum atomic E-state index is 10.1. The van der Waals surface area contributed by atoms with Gasteiger partial charge in [0.05, 0.1) is 12.2 Å². The monoisotopic (exact) mass is 229 g/mol. The number of rotatable bonds is 2. The van der Waals surface area contributed by atoms with Crippen LogP contribution in [0, 0.1) is 17.8 Å². The van der Waals surface area contributed by atoms with Crippen molar-refractivity contribution in [3.63, 3.8) is 0 Å². The summed E-state index contributed by atoms with van der Waals surface area (Å²) in [6.45, 7) is 12.3. The van der Waals surface area contributed by atoms with Crippen LogP contribution in [0.3, 0.4) is 0 Å². The summed E-state index contributed by atoms with van der Waals surface area (Å²) in [6.07, 6.45) is -1.20. The van der Waals surface area contributed by atoms with E-state index in [-0.39, 0.29) is 5.92 Å². The number of nitrogens with zero attached hydrogens (tertiary/aromatic N) is 1. The average molecular weight is 229 g/mol. The average Bonchev–Trinajstić information content (AvgIpc) is 2.29. The van der Waals surface area contributed by atoms with E-state index in [0.717, 1.165) is 6.54 Å². The molecule has 1 aliphatic rings. The van der Waals surface area contributed by atoms with Crippen molar-refractivity contribution in [3.8, 4) is 0 Å². The van der Waals surface area contributed by atoms with Crippen molar-refractivity contribution in [2.75, 3.05) is 13.1 Å². The van der Waals surface area contributed by atoms with Crippen LogP contribution in [0.1, 0.15) is 34.6 Å². The zero-order chi connectivity index (χ0) is 12.5. The topological polar surface area (TPSA) is 43.7 Å². The molecule has 3 heteroatoms. The molecule has 1 rings (SSSR count). The molecule has 16 heavy (non-hydrogen) atoms. The molecule has 0 spiro atoms. The molecule has 0 aromatic rings. The largest absolute Gasteiger partial charge is 0.390 e. The third-order valence-electron chi connectivity index (χ3n) is 4.06. The molecule has 0 aromatic carbocycles. The van der Waals surface area contributed by atoms with Crippen LogP contribution in [0.15, 0.2) is 0 Å². The zero-order valence-electron chi connectivity index (χ0n) is 11.2. The number of aliphatic hydroxyl groups is 2. The molecule has 1 heterocycles. The van der Waals surface area contributed by atoms with Crippen molar-refractivity contribution in [1.82, 2.24) is 4.90 Å². The van der Waals surface area contributed by atoms with E-state index < -0.39 is 12.2 Å². The number of aliphatic hydroxyl groups excluding tert-OH is 2. The molecule has 0 aliphatic carbocycles. The van der Waals surface area contributed by atoms with E-state index in [9.17, 15) is 10.2 Å². The highest BCUT2D eigenvalue weighted by Crippen LogP contribution is 2.30. The minimum Gasteiger partial charge on any atom is -0.390 e. The Labute approximate surface area is 99.5 Å². The highest BCUT2D eigenvalue weighted by molar-refractivity contribution is 4.88. The Bertz CT molecular complexity index is 218. The van der Waals surface area contributed by atoms with Crippen LogP contribution in [0.2, 0.25) is 0 Å². The van der Waals surface area contributed by atoms with Crippen molar-refractivity contribution in [3.05, 3.63) is 0 Å². The van der Waals surface area contributed by atoms with Crippen molar-refractivity contribution in [2.45, 2.75) is 52.9 Å². The van der Waals surface area contributed by atoms with Crippen molar-refractivity contribution in [2.24, 2.45) is 17.8 Å². The Morgan fingerprint density at radius 1 is 1.06 bits per heavy atom. The van der Waals surface area contributed by atoms with Crippen LogP contribution < -0.4 is 0 Å². The standard InChI is InChI=1S/C13H27NO2/c1-8(2)11-6-14(9(3)4)7-12(15)13(16)10(11)5/h8-13,15-16H,6-7H2,1-5H3/t10-,11?,12?,13?/m0/s1. The summed E-state index contributed by atoms with van der Waals surface area (Å²) < 4.78 is 0. The van der Waals surface area contributed by atoms with Gasteiger partial charge in [0.15, 0.2) is 0 Å². The zero-order valence-corrected chi connectivity index (χ0v) is 11.2. The first kappa shape index (κ1) is 13.9. The number of likely N-dealkylation sites (tertiary alicyclic amines) is 1. The van der Waals surface area contributed by atoms with E-state index >= 15 is 0 Å². The van der Waals surface area contributed by atoms with Gasteiger partial charge in [0.2, 0.25) is 0 Å². The van der Waals surface area contributed by atoms with Crippen LogP contribution >= 0.6 is 0 Å². The number of hydrogen-bond acceptors (Lipinski definition) is 3. The van der Waals surface area contributed by atoms with Crippen molar-refractivity contribution < 1.29 is 10.2 Å². The first-order chi connectivity index (χ1) is 7.34. The quantitative estimate of drug-likeness (QED) is 0.751. The summed E-state index contributed by atoms with van der Waals surface area (Å²) in [6, 6.07) is 0.424. The van der Waals surface area contributed by atoms with Crippen LogP contribution in [0.25, 0.3) is 0 Å². The predicted octanol–water partition coefficient (Wildman–Crippen LogP) is 1.34. The van der Waals surface area contributed by atoms with Gasteiger partial charge in [-0.05, 0) is 31.6 Å². The Balaban J connectivity index is 2.85. The lowest BCUT2D eigenvalue weighted by Crippen LogP contribution is -2.40. The third-order valence-corrected chi connectivity index (χ3v) is 4.06. The summed E-state index contributed by atoms with van der Waals surface area (Å²) in [5, 5.41) is 20.0. The van der Waals surface area contributed by atoms with E-state index in [2.05, 4.69) is 39.5 Å². The summed E-state index contributed by atoms with van der Waals surface area (Å²) in [7, 11) is 0. The van der Waals surface area contributed by atoms with E-state index in [1.807, 2.05) is 0 Å². The van der Waals surface area contributed by atoms with Gasteiger partial charge in [-0.25, -0.2) is 0 Å². The molecule has 3 nitrogen and oxygen atoms in total. The Morgan fingerprint density at radius 3 is 2.06 bits per heavy atom. The smallest absolute Gasteiger partial charge is 0.0928 e. The fourth-order valence-electron chi connectivity index (χ4n) is 2.70. The second-order valence-corrected chi connectivity index (χ2v) is 5.87. The maximum absolute atomic E-state index is 10.1. The van der Waals surface area contributed by atoms with Crippen LogP contribution in [0.4, 0.5) is 0 Å². The van der Waals surface area contributed by atoms with Gasteiger partial charge in [-0.1, -0.05) is 20.8 Å². The third kappa shape index (κ3) is 2.96. The van der Waals surface area contributed by atoms with Gasteiger partial charge in [0.25, 0.3) is 0 Å². The van der Waals surface area contributed by atoms with E-state index in [4.69, 9.17) is 0 Å². The first-order valence-electron chi connectivity index (χ1n) is 6.44. The van der Waals surface area contributed by atoms with Gasteiger partial charge in [-0.2, -0.15) is 0 Å². The summed E-state index contributed by atoms with van der Waals surface area (Å²) >= 11 is 0. The predicted molar refractivity (Wildman–Crippen MR) is 66.2 cm³/mol. The van der Waals surface area contributed by atoms with Crippen LogP contribution in [-0.2, 0) is 0 Å². The highest BCUT2D eigenvalue weighted by atomic mass is 16.3. The summed E-state index contributed by atoms with van der Waals surface area (Å²) in [4.78, 5) is 2.28. The van der Waals surface area contributed by atoms with Crippen molar-refractivity contribution in [1.29, 1.82) is 0 Å².